The number of hydrogen-bond acceptors (Lipinski definition) is 5. The van der Waals surface area contributed by atoms with E-state index in [0.29, 0.717) is 24.5 Å². The molecule has 0 aromatic rings. The van der Waals surface area contributed by atoms with Crippen LogP contribution >= 0.6 is 0 Å². The van der Waals surface area contributed by atoms with Gasteiger partial charge in [-0.25, -0.2) is 4.79 Å². The predicted molar refractivity (Wildman–Crippen MR) is 88.1 cm³/mol. The van der Waals surface area contributed by atoms with E-state index in [1.807, 2.05) is 13.8 Å². The molecule has 2 saturated carbocycles. The van der Waals surface area contributed by atoms with Crippen molar-refractivity contribution in [1.29, 1.82) is 0 Å². The zero-order chi connectivity index (χ0) is 17.8. The second-order valence-corrected chi connectivity index (χ2v) is 8.40. The van der Waals surface area contributed by atoms with Crippen LogP contribution in [0.1, 0.15) is 40.5 Å². The third-order valence-electron chi connectivity index (χ3n) is 6.26. The molecule has 134 valence electrons. The minimum absolute atomic E-state index is 0.0406. The third kappa shape index (κ3) is 2.53. The van der Waals surface area contributed by atoms with Crippen LogP contribution in [0.5, 0.6) is 0 Å². The van der Waals surface area contributed by atoms with Crippen LogP contribution < -0.4 is 0 Å². The summed E-state index contributed by atoms with van der Waals surface area (Å²) in [7, 11) is 0. The molecule has 1 aliphatic heterocycles. The predicted octanol–water partition coefficient (Wildman–Crippen LogP) is 2.12. The number of hydrogen-bond donors (Lipinski definition) is 1. The number of rotatable bonds is 3. The molecule has 0 amide bonds. The molecule has 3 fully saturated rings. The first kappa shape index (κ1) is 17.6. The number of esters is 1. The van der Waals surface area contributed by atoms with E-state index in [1.54, 1.807) is 0 Å². The summed E-state index contributed by atoms with van der Waals surface area (Å²) in [6.45, 7) is 12.5. The quantitative estimate of drug-likeness (QED) is 0.631. The van der Waals surface area contributed by atoms with Crippen molar-refractivity contribution in [1.82, 2.24) is 0 Å². The first-order valence-corrected chi connectivity index (χ1v) is 8.89. The molecule has 3 aliphatic rings. The van der Waals surface area contributed by atoms with Crippen LogP contribution in [0.2, 0.25) is 0 Å². The van der Waals surface area contributed by atoms with Crippen molar-refractivity contribution in [3.05, 3.63) is 12.2 Å². The van der Waals surface area contributed by atoms with Gasteiger partial charge in [0.1, 0.15) is 11.9 Å². The highest BCUT2D eigenvalue weighted by molar-refractivity contribution is 5.91. The summed E-state index contributed by atoms with van der Waals surface area (Å²) >= 11 is 0. The number of Topliss-reactive ketones (excluding diaryl/α,β-unsaturated/α-hetero) is 1. The molecule has 3 rings (SSSR count). The van der Waals surface area contributed by atoms with E-state index in [0.717, 1.165) is 0 Å². The van der Waals surface area contributed by atoms with Crippen molar-refractivity contribution in [3.8, 4) is 0 Å². The Balaban J connectivity index is 1.98. The molecular formula is C19H28O5. The van der Waals surface area contributed by atoms with Gasteiger partial charge < -0.3 is 14.6 Å². The molecule has 0 unspecified atom stereocenters. The van der Waals surface area contributed by atoms with Crippen molar-refractivity contribution in [2.24, 2.45) is 29.1 Å². The van der Waals surface area contributed by atoms with Crippen molar-refractivity contribution >= 4 is 11.8 Å². The molecular weight excluding hydrogens is 308 g/mol. The number of ketones is 1. The van der Waals surface area contributed by atoms with E-state index in [4.69, 9.17) is 9.47 Å². The summed E-state index contributed by atoms with van der Waals surface area (Å²) in [5, 5.41) is 10.7. The van der Waals surface area contributed by atoms with Crippen LogP contribution in [0.15, 0.2) is 12.2 Å². The Kier molecular flexibility index (Phi) is 4.37. The Labute approximate surface area is 143 Å². The first-order valence-electron chi connectivity index (χ1n) is 8.89. The molecule has 0 aromatic carbocycles. The molecule has 0 aromatic heterocycles. The zero-order valence-electron chi connectivity index (χ0n) is 15.0. The number of aliphatic hydroxyl groups is 1. The number of ether oxygens (including phenoxy) is 2. The van der Waals surface area contributed by atoms with Crippen LogP contribution in [0.3, 0.4) is 0 Å². The summed E-state index contributed by atoms with van der Waals surface area (Å²) in [6.07, 6.45) is -0.607. The lowest BCUT2D eigenvalue weighted by molar-refractivity contribution is -0.194. The smallest absolute Gasteiger partial charge is 0.334 e. The number of aliphatic hydroxyl groups excluding tert-OH is 1. The highest BCUT2D eigenvalue weighted by Crippen LogP contribution is 2.57. The summed E-state index contributed by atoms with van der Waals surface area (Å²) in [6, 6.07) is 0. The van der Waals surface area contributed by atoms with Gasteiger partial charge in [-0.3, -0.25) is 4.79 Å². The van der Waals surface area contributed by atoms with Crippen LogP contribution in [0.4, 0.5) is 0 Å². The van der Waals surface area contributed by atoms with Crippen LogP contribution in [-0.2, 0) is 19.1 Å². The maximum absolute atomic E-state index is 12.3. The monoisotopic (exact) mass is 336 g/mol. The Hall–Kier alpha value is -1.20. The molecule has 0 bridgehead atoms. The van der Waals surface area contributed by atoms with Gasteiger partial charge in [0.25, 0.3) is 0 Å². The number of carbonyl (C=O) groups excluding carboxylic acids is 2. The van der Waals surface area contributed by atoms with E-state index >= 15 is 0 Å². The second kappa shape index (κ2) is 5.95. The fourth-order valence-corrected chi connectivity index (χ4v) is 4.91. The minimum Gasteiger partial charge on any atom is -0.458 e. The van der Waals surface area contributed by atoms with Gasteiger partial charge in [0.15, 0.2) is 0 Å². The van der Waals surface area contributed by atoms with E-state index < -0.39 is 23.6 Å². The molecule has 5 nitrogen and oxygen atoms in total. The summed E-state index contributed by atoms with van der Waals surface area (Å²) < 4.78 is 11.7. The molecule has 0 radical (unpaired) electrons. The molecule has 0 spiro atoms. The normalized spacial score (nSPS) is 45.2. The summed E-state index contributed by atoms with van der Waals surface area (Å²) in [4.78, 5) is 24.4. The lowest BCUT2D eigenvalue weighted by Crippen LogP contribution is -2.61. The molecule has 7 atom stereocenters. The van der Waals surface area contributed by atoms with Crippen LogP contribution in [-0.4, -0.2) is 41.8 Å². The van der Waals surface area contributed by atoms with Gasteiger partial charge in [-0.15, -0.1) is 0 Å². The van der Waals surface area contributed by atoms with Gasteiger partial charge in [-0.1, -0.05) is 34.3 Å². The summed E-state index contributed by atoms with van der Waals surface area (Å²) in [5.41, 5.74) is -0.0587. The van der Waals surface area contributed by atoms with Crippen LogP contribution in [0, 0.1) is 29.1 Å². The Morgan fingerprint density at radius 1 is 1.42 bits per heavy atom. The maximum Gasteiger partial charge on any atom is 0.334 e. The lowest BCUT2D eigenvalue weighted by Gasteiger charge is -2.55. The Morgan fingerprint density at radius 2 is 2.08 bits per heavy atom. The highest BCUT2D eigenvalue weighted by atomic mass is 16.6. The largest absolute Gasteiger partial charge is 0.458 e. The van der Waals surface area contributed by atoms with Gasteiger partial charge in [-0.05, 0) is 12.3 Å². The van der Waals surface area contributed by atoms with Crippen molar-refractivity contribution in [3.63, 3.8) is 0 Å². The minimum atomic E-state index is -0.732. The second-order valence-electron chi connectivity index (χ2n) is 8.40. The third-order valence-corrected chi connectivity index (χ3v) is 6.26. The first-order chi connectivity index (χ1) is 11.2. The van der Waals surface area contributed by atoms with Crippen molar-refractivity contribution in [2.75, 3.05) is 6.61 Å². The molecule has 24 heavy (non-hydrogen) atoms. The van der Waals surface area contributed by atoms with Crippen molar-refractivity contribution < 1.29 is 24.2 Å². The average molecular weight is 336 g/mol. The molecule has 1 heterocycles. The maximum atomic E-state index is 12.3. The summed E-state index contributed by atoms with van der Waals surface area (Å²) in [5.74, 6) is -0.644. The van der Waals surface area contributed by atoms with E-state index in [2.05, 4.69) is 20.4 Å². The SMILES string of the molecule is C=C1C(=O)O[C@H]2[C@H]1[C@H](OCC(C)C)C[C@]1(C)[C@@H]2[C@H](C)C(=O)C[C@H]1O. The Bertz CT molecular complexity index is 568. The molecule has 2 aliphatic carbocycles. The Morgan fingerprint density at radius 3 is 2.71 bits per heavy atom. The number of fused-ring (bicyclic) bond motifs is 3. The van der Waals surface area contributed by atoms with Gasteiger partial charge in [0.2, 0.25) is 0 Å². The molecule has 1 saturated heterocycles. The van der Waals surface area contributed by atoms with Gasteiger partial charge in [0, 0.05) is 35.9 Å². The highest BCUT2D eigenvalue weighted by Gasteiger charge is 2.63. The van der Waals surface area contributed by atoms with Gasteiger partial charge in [0.05, 0.1) is 18.1 Å². The van der Waals surface area contributed by atoms with E-state index in [-0.39, 0.29) is 36.1 Å². The lowest BCUT2D eigenvalue weighted by atomic mass is 9.51. The zero-order valence-corrected chi connectivity index (χ0v) is 15.0. The van der Waals surface area contributed by atoms with Gasteiger partial charge in [-0.2, -0.15) is 0 Å². The van der Waals surface area contributed by atoms with E-state index in [1.165, 1.54) is 0 Å². The topological polar surface area (TPSA) is 72.8 Å². The van der Waals surface area contributed by atoms with Gasteiger partial charge >= 0.3 is 5.97 Å². The number of carbonyl (C=O) groups is 2. The fourth-order valence-electron chi connectivity index (χ4n) is 4.91. The average Bonchev–Trinajstić information content (AvgIpc) is 2.78. The van der Waals surface area contributed by atoms with Crippen molar-refractivity contribution in [2.45, 2.75) is 58.8 Å². The van der Waals surface area contributed by atoms with E-state index in [9.17, 15) is 14.7 Å². The van der Waals surface area contributed by atoms with Crippen LogP contribution in [0.25, 0.3) is 0 Å². The molecule has 5 heteroatoms. The fraction of sp³-hybridized carbons (Fsp3) is 0.789. The standard InChI is InChI=1S/C19H28O5/c1-9(2)8-23-13-7-19(5)14(21)6-12(20)10(3)16(19)17-15(13)11(4)18(22)24-17/h9-10,13-17,21H,4,6-8H2,1-3,5H3/t10-,13-,14-,15-,16-,17+,19+/m1/s1. The molecule has 1 N–H and O–H groups in total.